The summed E-state index contributed by atoms with van der Waals surface area (Å²) in [5.41, 5.74) is 5.71. The normalized spacial score (nSPS) is 14.4. The monoisotopic (exact) mass is 502 g/mol. The highest BCUT2D eigenvalue weighted by molar-refractivity contribution is 5.97. The molecule has 0 aliphatic carbocycles. The average molecular weight is 503 g/mol. The van der Waals surface area contributed by atoms with Crippen molar-refractivity contribution in [2.75, 3.05) is 36.9 Å². The molecule has 0 radical (unpaired) electrons. The van der Waals surface area contributed by atoms with Crippen molar-refractivity contribution in [2.24, 2.45) is 0 Å². The Kier molecular flexibility index (Phi) is 6.73. The van der Waals surface area contributed by atoms with Gasteiger partial charge < -0.3 is 30.0 Å². The number of hydrogen-bond acceptors (Lipinski definition) is 7. The average Bonchev–Trinajstić information content (AvgIpc) is 3.17. The third-order valence-electron chi connectivity index (χ3n) is 7.02. The molecule has 7 nitrogen and oxygen atoms in total. The third kappa shape index (κ3) is 4.17. The number of ether oxygens (including phenoxy) is 3. The van der Waals surface area contributed by atoms with E-state index in [0.29, 0.717) is 35.8 Å². The minimum Gasteiger partial charge on any atom is -0.494 e. The molecule has 2 aliphatic rings. The first kappa shape index (κ1) is 25.0. The van der Waals surface area contributed by atoms with Gasteiger partial charge in [0.1, 0.15) is 17.2 Å². The fourth-order valence-electron chi connectivity index (χ4n) is 5.26. The zero-order valence-corrected chi connectivity index (χ0v) is 21.9. The van der Waals surface area contributed by atoms with E-state index in [4.69, 9.17) is 19.3 Å². The maximum Gasteiger partial charge on any atom is 0.340 e. The first-order chi connectivity index (χ1) is 17.9. The Hall–Kier alpha value is -3.71. The minimum absolute atomic E-state index is 0.134. The van der Waals surface area contributed by atoms with Crippen molar-refractivity contribution >= 4 is 17.3 Å². The number of aryl methyl sites for hydroxylation is 2. The predicted molar refractivity (Wildman–Crippen MR) is 144 cm³/mol. The molecule has 0 atom stereocenters. The number of fused-ring (bicyclic) bond motifs is 6. The number of rotatable bonds is 9. The number of aliphatic hydroxyl groups is 1. The molecule has 0 unspecified atom stereocenters. The Morgan fingerprint density at radius 1 is 0.865 bits per heavy atom. The van der Waals surface area contributed by atoms with Crippen LogP contribution in [0.3, 0.4) is 0 Å². The van der Waals surface area contributed by atoms with E-state index in [1.807, 2.05) is 32.0 Å². The van der Waals surface area contributed by atoms with Crippen molar-refractivity contribution in [3.05, 3.63) is 75.8 Å². The van der Waals surface area contributed by atoms with Crippen LogP contribution in [0.25, 0.3) is 0 Å². The Morgan fingerprint density at radius 3 is 2.05 bits per heavy atom. The molecule has 0 fully saturated rings. The fourth-order valence-corrected chi connectivity index (χ4v) is 5.26. The second-order valence-corrected chi connectivity index (χ2v) is 9.55. The number of carbonyl (C=O) groups is 1. The molecule has 2 heterocycles. The maximum atomic E-state index is 13.3. The summed E-state index contributed by atoms with van der Waals surface area (Å²) >= 11 is 0. The van der Waals surface area contributed by atoms with Gasteiger partial charge in [0.2, 0.25) is 0 Å². The lowest BCUT2D eigenvalue weighted by molar-refractivity contribution is 0.0223. The largest absolute Gasteiger partial charge is 0.494 e. The van der Waals surface area contributed by atoms with E-state index in [0.717, 1.165) is 58.7 Å². The first-order valence-electron chi connectivity index (χ1n) is 13.0. The van der Waals surface area contributed by atoms with E-state index in [1.165, 1.54) is 0 Å². The van der Waals surface area contributed by atoms with Gasteiger partial charge in [0.15, 0.2) is 5.60 Å². The SMILES string of the molecule is CCNc1cc2c(cc1C)C1(OC(=O)c3ccc(OCCCCO)cc31)c1cc(C)c(NCC)cc1O2. The van der Waals surface area contributed by atoms with Crippen LogP contribution in [0.4, 0.5) is 11.4 Å². The minimum atomic E-state index is -1.16. The smallest absolute Gasteiger partial charge is 0.340 e. The summed E-state index contributed by atoms with van der Waals surface area (Å²) < 4.78 is 18.9. The molecule has 0 saturated heterocycles. The van der Waals surface area contributed by atoms with Crippen LogP contribution in [-0.2, 0) is 10.3 Å². The molecule has 3 N–H and O–H groups in total. The summed E-state index contributed by atoms with van der Waals surface area (Å²) in [6, 6.07) is 13.6. The molecule has 1 spiro atoms. The van der Waals surface area contributed by atoms with Gasteiger partial charge in [-0.05, 0) is 82.0 Å². The van der Waals surface area contributed by atoms with Crippen molar-refractivity contribution in [3.63, 3.8) is 0 Å². The third-order valence-corrected chi connectivity index (χ3v) is 7.02. The molecule has 0 bridgehead atoms. The molecule has 0 aromatic heterocycles. The van der Waals surface area contributed by atoms with Gasteiger partial charge in [-0.2, -0.15) is 0 Å². The van der Waals surface area contributed by atoms with Gasteiger partial charge in [-0.3, -0.25) is 0 Å². The van der Waals surface area contributed by atoms with Crippen LogP contribution in [0, 0.1) is 13.8 Å². The molecule has 0 amide bonds. The molecular formula is C30H34N2O5. The van der Waals surface area contributed by atoms with E-state index in [-0.39, 0.29) is 12.6 Å². The van der Waals surface area contributed by atoms with Crippen LogP contribution < -0.4 is 20.1 Å². The van der Waals surface area contributed by atoms with Gasteiger partial charge in [0, 0.05) is 59.9 Å². The zero-order valence-electron chi connectivity index (χ0n) is 21.9. The van der Waals surface area contributed by atoms with Gasteiger partial charge in [0.25, 0.3) is 0 Å². The number of anilines is 2. The lowest BCUT2D eigenvalue weighted by atomic mass is 9.76. The van der Waals surface area contributed by atoms with Crippen molar-refractivity contribution in [1.29, 1.82) is 0 Å². The Balaban J connectivity index is 1.73. The summed E-state index contributed by atoms with van der Waals surface area (Å²) in [4.78, 5) is 13.3. The van der Waals surface area contributed by atoms with Crippen LogP contribution in [0.5, 0.6) is 17.2 Å². The van der Waals surface area contributed by atoms with E-state index in [1.54, 1.807) is 12.1 Å². The maximum absolute atomic E-state index is 13.3. The van der Waals surface area contributed by atoms with Crippen LogP contribution in [0.15, 0.2) is 42.5 Å². The van der Waals surface area contributed by atoms with E-state index in [9.17, 15) is 4.79 Å². The summed E-state index contributed by atoms with van der Waals surface area (Å²) in [5.74, 6) is 1.58. The Bertz CT molecular complexity index is 1290. The molecule has 37 heavy (non-hydrogen) atoms. The molecular weight excluding hydrogens is 468 g/mol. The second kappa shape index (κ2) is 9.98. The standard InChI is InChI=1S/C30H34N2O5/c1-5-31-25-16-27-23(13-18(25)3)30(24-14-19(4)26(32-6-2)17-28(24)36-27)22-15-20(35-12-8-7-11-33)9-10-21(22)29(34)37-30/h9-10,13-17,31-33H,5-8,11-12H2,1-4H3. The Labute approximate surface area is 217 Å². The number of aliphatic hydroxyl groups excluding tert-OH is 1. The number of carbonyl (C=O) groups excluding carboxylic acids is 1. The fraction of sp³-hybridized carbons (Fsp3) is 0.367. The van der Waals surface area contributed by atoms with Crippen molar-refractivity contribution < 1.29 is 24.1 Å². The number of hydrogen-bond donors (Lipinski definition) is 3. The second-order valence-electron chi connectivity index (χ2n) is 9.55. The molecule has 5 rings (SSSR count). The summed E-state index contributed by atoms with van der Waals surface area (Å²) in [6.45, 7) is 10.4. The quantitative estimate of drug-likeness (QED) is 0.248. The predicted octanol–water partition coefficient (Wildman–Crippen LogP) is 5.89. The molecule has 7 heteroatoms. The van der Waals surface area contributed by atoms with E-state index >= 15 is 0 Å². The first-order valence-corrected chi connectivity index (χ1v) is 13.0. The van der Waals surface area contributed by atoms with Gasteiger partial charge in [-0.15, -0.1) is 0 Å². The molecule has 194 valence electrons. The van der Waals surface area contributed by atoms with Gasteiger partial charge in [-0.1, -0.05) is 0 Å². The van der Waals surface area contributed by atoms with E-state index in [2.05, 4.69) is 36.6 Å². The number of unbranched alkanes of at least 4 members (excludes halogenated alkanes) is 1. The zero-order chi connectivity index (χ0) is 26.2. The van der Waals surface area contributed by atoms with Crippen LogP contribution in [0.2, 0.25) is 0 Å². The highest BCUT2D eigenvalue weighted by Gasteiger charge is 2.54. The summed E-state index contributed by atoms with van der Waals surface area (Å²) in [5, 5.41) is 15.9. The van der Waals surface area contributed by atoms with Gasteiger partial charge in [-0.25, -0.2) is 4.79 Å². The summed E-state index contributed by atoms with van der Waals surface area (Å²) in [6.07, 6.45) is 1.42. The molecule has 3 aromatic carbocycles. The number of benzene rings is 3. The molecule has 0 saturated carbocycles. The topological polar surface area (TPSA) is 89.1 Å². The lowest BCUT2D eigenvalue weighted by Crippen LogP contribution is -2.33. The molecule has 3 aromatic rings. The number of esters is 1. The van der Waals surface area contributed by atoms with Crippen LogP contribution in [-0.4, -0.2) is 37.4 Å². The highest BCUT2D eigenvalue weighted by Crippen LogP contribution is 2.58. The van der Waals surface area contributed by atoms with Crippen molar-refractivity contribution in [1.82, 2.24) is 0 Å². The van der Waals surface area contributed by atoms with Crippen molar-refractivity contribution in [3.8, 4) is 17.2 Å². The van der Waals surface area contributed by atoms with Crippen LogP contribution in [0.1, 0.15) is 64.9 Å². The number of nitrogens with one attached hydrogen (secondary N) is 2. The lowest BCUT2D eigenvalue weighted by Gasteiger charge is -2.37. The van der Waals surface area contributed by atoms with Gasteiger partial charge >= 0.3 is 5.97 Å². The summed E-state index contributed by atoms with van der Waals surface area (Å²) in [7, 11) is 0. The van der Waals surface area contributed by atoms with Gasteiger partial charge in [0.05, 0.1) is 12.2 Å². The Morgan fingerprint density at radius 2 is 1.49 bits per heavy atom. The van der Waals surface area contributed by atoms with E-state index < -0.39 is 5.60 Å². The molecule has 2 aliphatic heterocycles. The van der Waals surface area contributed by atoms with Crippen LogP contribution >= 0.6 is 0 Å². The van der Waals surface area contributed by atoms with Crippen molar-refractivity contribution in [2.45, 2.75) is 46.1 Å². The highest BCUT2D eigenvalue weighted by atomic mass is 16.6.